The molecule has 0 heterocycles. The van der Waals surface area contributed by atoms with E-state index in [9.17, 15) is 0 Å². The number of nitrogens with zero attached hydrogens (tertiary/aromatic N) is 2. The molecule has 0 fully saturated rings. The molecular formula is C10H12N2O2. The lowest BCUT2D eigenvalue weighted by atomic mass is 10.1. The first-order chi connectivity index (χ1) is 6.88. The Bertz CT molecular complexity index is 320. The average molecular weight is 192 g/mol. The Hall–Kier alpha value is -1.68. The van der Waals surface area contributed by atoms with Crippen molar-refractivity contribution < 1.29 is 10.3 Å². The molecule has 0 amide bonds. The van der Waals surface area contributed by atoms with E-state index in [0.717, 1.165) is 5.56 Å². The second kappa shape index (κ2) is 5.88. The first-order valence-corrected chi connectivity index (χ1v) is 4.26. The second-order valence-corrected chi connectivity index (χ2v) is 2.60. The Morgan fingerprint density at radius 1 is 1.29 bits per heavy atom. The van der Waals surface area contributed by atoms with E-state index < -0.39 is 0 Å². The van der Waals surface area contributed by atoms with Gasteiger partial charge in [-0.2, -0.15) is 0 Å². The highest BCUT2D eigenvalue weighted by atomic mass is 16.4. The molecule has 1 aromatic carbocycles. The van der Waals surface area contributed by atoms with Gasteiger partial charge in [0, 0.05) is 5.56 Å². The molecule has 0 aliphatic carbocycles. The van der Waals surface area contributed by atoms with Gasteiger partial charge < -0.3 is 10.3 Å². The highest BCUT2D eigenvalue weighted by molar-refractivity contribution is 6.38. The maximum absolute atomic E-state index is 8.62. The first-order valence-electron chi connectivity index (χ1n) is 4.26. The average Bonchev–Trinajstić information content (AvgIpc) is 2.25. The Morgan fingerprint density at radius 3 is 2.57 bits per heavy atom. The molecule has 0 radical (unpaired) electrons. The van der Waals surface area contributed by atoms with E-state index in [1.54, 1.807) is 0 Å². The van der Waals surface area contributed by atoms with Crippen LogP contribution in [0.1, 0.15) is 5.56 Å². The summed E-state index contributed by atoms with van der Waals surface area (Å²) in [7, 11) is 0. The Labute approximate surface area is 82.2 Å². The Kier molecular flexibility index (Phi) is 4.37. The molecule has 14 heavy (non-hydrogen) atoms. The van der Waals surface area contributed by atoms with Gasteiger partial charge >= 0.3 is 0 Å². The van der Waals surface area contributed by atoms with Crippen LogP contribution >= 0.6 is 0 Å². The molecule has 0 unspecified atom stereocenters. The molecule has 1 rings (SSSR count). The molecule has 0 aliphatic rings. The van der Waals surface area contributed by atoms with Gasteiger partial charge in [-0.25, -0.2) is 0 Å². The highest BCUT2D eigenvalue weighted by Gasteiger charge is 1.98. The Morgan fingerprint density at radius 2 is 2.00 bits per heavy atom. The summed E-state index contributed by atoms with van der Waals surface area (Å²) in [5, 5.41) is 20.0. The maximum atomic E-state index is 8.62. The van der Waals surface area contributed by atoms with Gasteiger partial charge in [0.05, 0.1) is 25.1 Å². The Balaban J connectivity index is 2.89. The quantitative estimate of drug-likeness (QED) is 0.423. The van der Waals surface area contributed by atoms with Crippen LogP contribution in [0.3, 0.4) is 0 Å². The third-order valence-electron chi connectivity index (χ3n) is 1.63. The summed E-state index contributed by atoms with van der Waals surface area (Å²) in [6, 6.07) is 9.35. The molecule has 0 saturated heterocycles. The van der Waals surface area contributed by atoms with Crippen molar-refractivity contribution in [3.8, 4) is 0 Å². The number of oxime groups is 1. The van der Waals surface area contributed by atoms with Gasteiger partial charge in [-0.15, -0.1) is 0 Å². The zero-order valence-electron chi connectivity index (χ0n) is 7.67. The lowest BCUT2D eigenvalue weighted by Gasteiger charge is -1.99. The van der Waals surface area contributed by atoms with Crippen molar-refractivity contribution in [2.75, 3.05) is 13.2 Å². The van der Waals surface area contributed by atoms with E-state index in [0.29, 0.717) is 12.3 Å². The van der Waals surface area contributed by atoms with E-state index in [4.69, 9.17) is 10.3 Å². The molecule has 0 spiro atoms. The molecule has 4 heteroatoms. The van der Waals surface area contributed by atoms with E-state index in [-0.39, 0.29) is 6.61 Å². The molecule has 4 nitrogen and oxygen atoms in total. The smallest absolute Gasteiger partial charge is 0.0919 e. The predicted molar refractivity (Wildman–Crippen MR) is 55.2 cm³/mol. The number of hydrogen-bond acceptors (Lipinski definition) is 4. The van der Waals surface area contributed by atoms with Crippen LogP contribution in [0.25, 0.3) is 0 Å². The van der Waals surface area contributed by atoms with Crippen molar-refractivity contribution in [2.24, 2.45) is 10.1 Å². The number of benzene rings is 1. The fourth-order valence-electron chi connectivity index (χ4n) is 1.04. The van der Waals surface area contributed by atoms with Gasteiger partial charge in [-0.3, -0.25) is 4.99 Å². The summed E-state index contributed by atoms with van der Waals surface area (Å²) in [6.07, 6.45) is 1.25. The van der Waals surface area contributed by atoms with Crippen LogP contribution in [-0.2, 0) is 0 Å². The molecule has 0 saturated carbocycles. The minimum Gasteiger partial charge on any atom is -0.411 e. The molecule has 2 N–H and O–H groups in total. The van der Waals surface area contributed by atoms with Crippen molar-refractivity contribution in [2.45, 2.75) is 0 Å². The maximum Gasteiger partial charge on any atom is 0.0919 e. The fraction of sp³-hybridized carbons (Fsp3) is 0.200. The number of aliphatic hydroxyl groups is 1. The van der Waals surface area contributed by atoms with Crippen LogP contribution in [-0.4, -0.2) is 35.4 Å². The third-order valence-corrected chi connectivity index (χ3v) is 1.63. The minimum absolute atomic E-state index is 0.0183. The molecule has 0 bridgehead atoms. The van der Waals surface area contributed by atoms with Gasteiger partial charge in [-0.1, -0.05) is 35.5 Å². The standard InChI is InChI=1S/C10H12N2O2/c13-7-6-11-10(8-12-14)9-4-2-1-3-5-9/h1-5,8,13-14H,6-7H2/b11-10?,12-8-. The van der Waals surface area contributed by atoms with Gasteiger partial charge in [0.25, 0.3) is 0 Å². The summed E-state index contributed by atoms with van der Waals surface area (Å²) in [5.74, 6) is 0. The van der Waals surface area contributed by atoms with Crippen molar-refractivity contribution >= 4 is 11.9 Å². The largest absolute Gasteiger partial charge is 0.411 e. The van der Waals surface area contributed by atoms with Crippen LogP contribution in [0, 0.1) is 0 Å². The van der Waals surface area contributed by atoms with Gasteiger partial charge in [0.15, 0.2) is 0 Å². The number of hydrogen-bond donors (Lipinski definition) is 2. The lowest BCUT2D eigenvalue weighted by molar-refractivity contribution is 0.307. The molecule has 0 aromatic heterocycles. The van der Waals surface area contributed by atoms with Crippen LogP contribution in [0.15, 0.2) is 40.5 Å². The van der Waals surface area contributed by atoms with Crippen molar-refractivity contribution in [1.82, 2.24) is 0 Å². The lowest BCUT2D eigenvalue weighted by Crippen LogP contribution is -2.04. The second-order valence-electron chi connectivity index (χ2n) is 2.60. The monoisotopic (exact) mass is 192 g/mol. The normalized spacial score (nSPS) is 12.2. The molecule has 0 aliphatic heterocycles. The third kappa shape index (κ3) is 2.99. The minimum atomic E-state index is -0.0183. The van der Waals surface area contributed by atoms with Gasteiger partial charge in [-0.05, 0) is 0 Å². The van der Waals surface area contributed by atoms with E-state index >= 15 is 0 Å². The van der Waals surface area contributed by atoms with Gasteiger partial charge in [0.1, 0.15) is 0 Å². The SMILES string of the molecule is OCCN=C(/C=N\O)c1ccccc1. The van der Waals surface area contributed by atoms with E-state index in [1.165, 1.54) is 6.21 Å². The fourth-order valence-corrected chi connectivity index (χ4v) is 1.04. The van der Waals surface area contributed by atoms with Crippen LogP contribution in [0.2, 0.25) is 0 Å². The van der Waals surface area contributed by atoms with Crippen molar-refractivity contribution in [3.05, 3.63) is 35.9 Å². The van der Waals surface area contributed by atoms with E-state index in [1.807, 2.05) is 30.3 Å². The van der Waals surface area contributed by atoms with Gasteiger partial charge in [0.2, 0.25) is 0 Å². The van der Waals surface area contributed by atoms with Crippen LogP contribution in [0.5, 0.6) is 0 Å². The van der Waals surface area contributed by atoms with Crippen LogP contribution < -0.4 is 0 Å². The summed E-state index contributed by atoms with van der Waals surface area (Å²) in [5.41, 5.74) is 1.42. The summed E-state index contributed by atoms with van der Waals surface area (Å²) in [6.45, 7) is 0.284. The summed E-state index contributed by atoms with van der Waals surface area (Å²) >= 11 is 0. The van der Waals surface area contributed by atoms with Crippen molar-refractivity contribution in [3.63, 3.8) is 0 Å². The molecule has 1 aromatic rings. The first kappa shape index (κ1) is 10.4. The topological polar surface area (TPSA) is 65.2 Å². The predicted octanol–water partition coefficient (Wildman–Crippen LogP) is 0.928. The number of aliphatic imine (C=N–C) groups is 1. The van der Waals surface area contributed by atoms with Crippen molar-refractivity contribution in [1.29, 1.82) is 0 Å². The molecule has 74 valence electrons. The summed E-state index contributed by atoms with van der Waals surface area (Å²) < 4.78 is 0. The molecule has 0 atom stereocenters. The molecular weight excluding hydrogens is 180 g/mol. The number of rotatable bonds is 4. The zero-order valence-corrected chi connectivity index (χ0v) is 7.67. The van der Waals surface area contributed by atoms with Crippen LogP contribution in [0.4, 0.5) is 0 Å². The van der Waals surface area contributed by atoms with E-state index in [2.05, 4.69) is 10.1 Å². The summed E-state index contributed by atoms with van der Waals surface area (Å²) in [4.78, 5) is 4.06. The zero-order chi connectivity index (χ0) is 10.2. The highest BCUT2D eigenvalue weighted by Crippen LogP contribution is 1.99. The number of aliphatic hydroxyl groups excluding tert-OH is 1.